The first kappa shape index (κ1) is 11.0. The second-order valence-corrected chi connectivity index (χ2v) is 4.60. The topological polar surface area (TPSA) is 3.24 Å². The monoisotopic (exact) mass is 223 g/mol. The molecular weight excluding hydrogens is 206 g/mol. The van der Waals surface area contributed by atoms with Gasteiger partial charge in [0, 0.05) is 11.1 Å². The number of likely N-dealkylation sites (tertiary alicyclic amines) is 1. The van der Waals surface area contributed by atoms with E-state index in [0.29, 0.717) is 6.04 Å². The van der Waals surface area contributed by atoms with Crippen molar-refractivity contribution in [3.05, 3.63) is 34.9 Å². The Bertz CT molecular complexity index is 318. The molecule has 1 aliphatic heterocycles. The van der Waals surface area contributed by atoms with E-state index in [-0.39, 0.29) is 0 Å². The third-order valence-electron chi connectivity index (χ3n) is 3.23. The van der Waals surface area contributed by atoms with Gasteiger partial charge in [-0.05, 0) is 44.0 Å². The number of nitrogens with zero attached hydrogens (tertiary/aromatic N) is 1. The molecule has 1 aliphatic rings. The molecule has 0 aromatic heterocycles. The van der Waals surface area contributed by atoms with Crippen molar-refractivity contribution in [2.45, 2.75) is 32.2 Å². The average molecular weight is 224 g/mol. The molecule has 0 aliphatic carbocycles. The van der Waals surface area contributed by atoms with Crippen LogP contribution in [0.4, 0.5) is 0 Å². The fraction of sp³-hybridized carbons (Fsp3) is 0.538. The molecule has 0 radical (unpaired) electrons. The van der Waals surface area contributed by atoms with E-state index in [1.165, 1.54) is 31.5 Å². The van der Waals surface area contributed by atoms with Crippen molar-refractivity contribution < 1.29 is 0 Å². The number of hydrogen-bond donors (Lipinski definition) is 0. The summed E-state index contributed by atoms with van der Waals surface area (Å²) in [7, 11) is 0. The van der Waals surface area contributed by atoms with E-state index in [2.05, 4.69) is 24.0 Å². The van der Waals surface area contributed by atoms with E-state index in [1.807, 2.05) is 12.1 Å². The number of benzene rings is 1. The lowest BCUT2D eigenvalue weighted by molar-refractivity contribution is 0.239. The first-order valence-electron chi connectivity index (χ1n) is 5.81. The standard InChI is InChI=1S/C13H18ClN/c1-2-13(15-9-5-6-10-15)11-7-3-4-8-12(11)14/h3-4,7-8,13H,2,5-6,9-10H2,1H3. The van der Waals surface area contributed by atoms with Gasteiger partial charge in [-0.3, -0.25) is 4.90 Å². The zero-order chi connectivity index (χ0) is 10.7. The molecular formula is C13H18ClN. The minimum atomic E-state index is 0.515. The van der Waals surface area contributed by atoms with Gasteiger partial charge >= 0.3 is 0 Å². The summed E-state index contributed by atoms with van der Waals surface area (Å²) in [5.41, 5.74) is 1.29. The van der Waals surface area contributed by atoms with Gasteiger partial charge < -0.3 is 0 Å². The van der Waals surface area contributed by atoms with Crippen LogP contribution in [0.1, 0.15) is 37.8 Å². The molecule has 1 heterocycles. The van der Waals surface area contributed by atoms with Crippen molar-refractivity contribution in [3.63, 3.8) is 0 Å². The van der Waals surface area contributed by atoms with Gasteiger partial charge in [0.25, 0.3) is 0 Å². The van der Waals surface area contributed by atoms with Crippen LogP contribution in [0.5, 0.6) is 0 Å². The van der Waals surface area contributed by atoms with Crippen LogP contribution >= 0.6 is 11.6 Å². The largest absolute Gasteiger partial charge is 0.296 e. The van der Waals surface area contributed by atoms with Crippen LogP contribution in [0.25, 0.3) is 0 Å². The highest BCUT2D eigenvalue weighted by Crippen LogP contribution is 2.32. The van der Waals surface area contributed by atoms with Gasteiger partial charge in [0.15, 0.2) is 0 Å². The van der Waals surface area contributed by atoms with E-state index in [0.717, 1.165) is 11.4 Å². The number of rotatable bonds is 3. The Hall–Kier alpha value is -0.530. The number of hydrogen-bond acceptors (Lipinski definition) is 1. The van der Waals surface area contributed by atoms with Crippen LogP contribution in [-0.2, 0) is 0 Å². The van der Waals surface area contributed by atoms with E-state index >= 15 is 0 Å². The normalized spacial score (nSPS) is 19.3. The lowest BCUT2D eigenvalue weighted by Crippen LogP contribution is -2.25. The molecule has 0 bridgehead atoms. The summed E-state index contributed by atoms with van der Waals surface area (Å²) in [5, 5.41) is 0.913. The smallest absolute Gasteiger partial charge is 0.0453 e. The van der Waals surface area contributed by atoms with Crippen LogP contribution in [-0.4, -0.2) is 18.0 Å². The summed E-state index contributed by atoms with van der Waals surface area (Å²) in [6.07, 6.45) is 3.81. The Morgan fingerprint density at radius 1 is 1.27 bits per heavy atom. The second kappa shape index (κ2) is 5.00. The van der Waals surface area contributed by atoms with Crippen LogP contribution in [0.3, 0.4) is 0 Å². The molecule has 2 heteroatoms. The fourth-order valence-electron chi connectivity index (χ4n) is 2.47. The van der Waals surface area contributed by atoms with E-state index in [4.69, 9.17) is 11.6 Å². The Balaban J connectivity index is 2.22. The van der Waals surface area contributed by atoms with Crippen LogP contribution in [0.2, 0.25) is 5.02 Å². The molecule has 1 saturated heterocycles. The van der Waals surface area contributed by atoms with Crippen molar-refractivity contribution in [3.8, 4) is 0 Å². The van der Waals surface area contributed by atoms with Gasteiger partial charge in [0.1, 0.15) is 0 Å². The predicted molar refractivity (Wildman–Crippen MR) is 65.3 cm³/mol. The average Bonchev–Trinajstić information content (AvgIpc) is 2.75. The SMILES string of the molecule is CCC(c1ccccc1Cl)N1CCCC1. The quantitative estimate of drug-likeness (QED) is 0.752. The van der Waals surface area contributed by atoms with E-state index < -0.39 is 0 Å². The van der Waals surface area contributed by atoms with Crippen molar-refractivity contribution in [1.29, 1.82) is 0 Å². The third-order valence-corrected chi connectivity index (χ3v) is 3.58. The molecule has 0 spiro atoms. The van der Waals surface area contributed by atoms with Gasteiger partial charge in [-0.25, -0.2) is 0 Å². The highest BCUT2D eigenvalue weighted by atomic mass is 35.5. The molecule has 0 saturated carbocycles. The Kier molecular flexibility index (Phi) is 3.66. The molecule has 1 aromatic rings. The molecule has 0 amide bonds. The number of halogens is 1. The minimum Gasteiger partial charge on any atom is -0.296 e. The van der Waals surface area contributed by atoms with Crippen molar-refractivity contribution in [2.75, 3.05) is 13.1 Å². The van der Waals surface area contributed by atoms with Gasteiger partial charge in [0.05, 0.1) is 0 Å². The lowest BCUT2D eigenvalue weighted by atomic mass is 10.0. The van der Waals surface area contributed by atoms with Crippen molar-refractivity contribution in [1.82, 2.24) is 4.90 Å². The molecule has 1 fully saturated rings. The van der Waals surface area contributed by atoms with Crippen LogP contribution in [0.15, 0.2) is 24.3 Å². The molecule has 1 atom stereocenters. The van der Waals surface area contributed by atoms with Crippen LogP contribution < -0.4 is 0 Å². The van der Waals surface area contributed by atoms with Crippen LogP contribution in [0, 0.1) is 0 Å². The molecule has 1 aromatic carbocycles. The fourth-order valence-corrected chi connectivity index (χ4v) is 2.74. The Labute approximate surface area is 97.0 Å². The molecule has 2 rings (SSSR count). The first-order valence-corrected chi connectivity index (χ1v) is 6.19. The van der Waals surface area contributed by atoms with Gasteiger partial charge in [-0.2, -0.15) is 0 Å². The van der Waals surface area contributed by atoms with E-state index in [1.54, 1.807) is 0 Å². The Morgan fingerprint density at radius 2 is 1.93 bits per heavy atom. The summed E-state index contributed by atoms with van der Waals surface area (Å²) < 4.78 is 0. The van der Waals surface area contributed by atoms with Gasteiger partial charge in [0.2, 0.25) is 0 Å². The zero-order valence-electron chi connectivity index (χ0n) is 9.25. The Morgan fingerprint density at radius 3 is 2.53 bits per heavy atom. The third kappa shape index (κ3) is 2.35. The minimum absolute atomic E-state index is 0.515. The summed E-state index contributed by atoms with van der Waals surface area (Å²) in [4.78, 5) is 2.56. The molecule has 15 heavy (non-hydrogen) atoms. The zero-order valence-corrected chi connectivity index (χ0v) is 10.0. The van der Waals surface area contributed by atoms with Gasteiger partial charge in [-0.15, -0.1) is 0 Å². The van der Waals surface area contributed by atoms with Gasteiger partial charge in [-0.1, -0.05) is 36.7 Å². The second-order valence-electron chi connectivity index (χ2n) is 4.19. The van der Waals surface area contributed by atoms with E-state index in [9.17, 15) is 0 Å². The molecule has 1 unspecified atom stereocenters. The highest BCUT2D eigenvalue weighted by Gasteiger charge is 2.23. The summed E-state index contributed by atoms with van der Waals surface area (Å²) >= 11 is 6.25. The summed E-state index contributed by atoms with van der Waals surface area (Å²) in [5.74, 6) is 0. The first-order chi connectivity index (χ1) is 7.33. The maximum atomic E-state index is 6.25. The maximum absolute atomic E-state index is 6.25. The van der Waals surface area contributed by atoms with Crippen molar-refractivity contribution in [2.24, 2.45) is 0 Å². The maximum Gasteiger partial charge on any atom is 0.0453 e. The predicted octanol–water partition coefficient (Wildman–Crippen LogP) is 3.89. The summed E-state index contributed by atoms with van der Waals surface area (Å²) in [6, 6.07) is 8.76. The lowest BCUT2D eigenvalue weighted by Gasteiger charge is -2.27. The summed E-state index contributed by atoms with van der Waals surface area (Å²) in [6.45, 7) is 4.69. The molecule has 82 valence electrons. The highest BCUT2D eigenvalue weighted by molar-refractivity contribution is 6.31. The molecule has 1 nitrogen and oxygen atoms in total. The molecule has 0 N–H and O–H groups in total. The van der Waals surface area contributed by atoms with Crippen molar-refractivity contribution >= 4 is 11.6 Å².